The van der Waals surface area contributed by atoms with Crippen LogP contribution in [-0.2, 0) is 16.6 Å². The van der Waals surface area contributed by atoms with Crippen LogP contribution in [0.1, 0.15) is 36.2 Å². The van der Waals surface area contributed by atoms with Gasteiger partial charge in [0.05, 0.1) is 19.2 Å². The lowest BCUT2D eigenvalue weighted by molar-refractivity contribution is -0.142. The van der Waals surface area contributed by atoms with Gasteiger partial charge in [0.2, 0.25) is 0 Å². The molecular weight excluding hydrogens is 258 g/mol. The van der Waals surface area contributed by atoms with Crippen LogP contribution in [-0.4, -0.2) is 41.0 Å². The Bertz CT molecular complexity index is 510. The van der Waals surface area contributed by atoms with Gasteiger partial charge in [-0.2, -0.15) is 0 Å². The lowest BCUT2D eigenvalue weighted by Crippen LogP contribution is -2.45. The summed E-state index contributed by atoms with van der Waals surface area (Å²) in [6.07, 6.45) is 4.79. The van der Waals surface area contributed by atoms with E-state index in [4.69, 9.17) is 10.5 Å². The molecule has 6 heteroatoms. The Kier molecular flexibility index (Phi) is 4.32. The van der Waals surface area contributed by atoms with Crippen molar-refractivity contribution in [3.63, 3.8) is 0 Å². The first kappa shape index (κ1) is 14.4. The van der Waals surface area contributed by atoms with E-state index in [9.17, 15) is 9.59 Å². The van der Waals surface area contributed by atoms with Gasteiger partial charge in [-0.05, 0) is 25.3 Å². The zero-order chi connectivity index (χ0) is 14.7. The van der Waals surface area contributed by atoms with E-state index in [-0.39, 0.29) is 24.3 Å². The summed E-state index contributed by atoms with van der Waals surface area (Å²) in [5, 5.41) is 0. The van der Waals surface area contributed by atoms with E-state index >= 15 is 0 Å². The fourth-order valence-electron chi connectivity index (χ4n) is 2.71. The molecule has 1 aromatic rings. The number of likely N-dealkylation sites (tertiary alicyclic amines) is 1. The number of piperidine rings is 1. The van der Waals surface area contributed by atoms with Crippen molar-refractivity contribution in [2.45, 2.75) is 31.7 Å². The number of aryl methyl sites for hydroxylation is 1. The molecular formula is C14H21N3O3. The monoisotopic (exact) mass is 279 g/mol. The first-order valence-corrected chi connectivity index (χ1v) is 6.82. The molecule has 2 heterocycles. The summed E-state index contributed by atoms with van der Waals surface area (Å²) in [6.45, 7) is 0.672. The van der Waals surface area contributed by atoms with Crippen LogP contribution in [0.15, 0.2) is 12.3 Å². The van der Waals surface area contributed by atoms with E-state index in [1.165, 1.54) is 7.11 Å². The molecule has 1 fully saturated rings. The van der Waals surface area contributed by atoms with Gasteiger partial charge in [-0.1, -0.05) is 0 Å². The fourth-order valence-corrected chi connectivity index (χ4v) is 2.71. The summed E-state index contributed by atoms with van der Waals surface area (Å²) >= 11 is 0. The minimum atomic E-state index is -0.277. The molecule has 0 bridgehead atoms. The number of aromatic nitrogens is 1. The minimum Gasteiger partial charge on any atom is -0.469 e. The largest absolute Gasteiger partial charge is 0.469 e. The number of methoxy groups -OCH3 is 1. The Morgan fingerprint density at radius 3 is 2.80 bits per heavy atom. The van der Waals surface area contributed by atoms with Crippen LogP contribution in [0, 0.1) is 0 Å². The van der Waals surface area contributed by atoms with Crippen LogP contribution in [0.5, 0.6) is 0 Å². The lowest BCUT2D eigenvalue weighted by atomic mass is 9.99. The average molecular weight is 279 g/mol. The van der Waals surface area contributed by atoms with Gasteiger partial charge >= 0.3 is 5.97 Å². The predicted molar refractivity (Wildman–Crippen MR) is 75.1 cm³/mol. The third kappa shape index (κ3) is 2.95. The van der Waals surface area contributed by atoms with Gasteiger partial charge in [0.1, 0.15) is 5.69 Å². The van der Waals surface area contributed by atoms with E-state index in [1.54, 1.807) is 28.8 Å². The number of nitrogen functional groups attached to an aromatic ring is 1. The van der Waals surface area contributed by atoms with Gasteiger partial charge in [0.25, 0.3) is 5.91 Å². The van der Waals surface area contributed by atoms with Crippen LogP contribution >= 0.6 is 0 Å². The van der Waals surface area contributed by atoms with Crippen LogP contribution in [0.25, 0.3) is 0 Å². The van der Waals surface area contributed by atoms with Crippen LogP contribution in [0.2, 0.25) is 0 Å². The molecule has 0 radical (unpaired) electrons. The van der Waals surface area contributed by atoms with E-state index < -0.39 is 0 Å². The SMILES string of the molecule is COC(=O)CC1CCCCN1C(=O)c1cc(N)cn1C. The van der Waals surface area contributed by atoms with Crippen LogP contribution < -0.4 is 5.73 Å². The highest BCUT2D eigenvalue weighted by atomic mass is 16.5. The number of rotatable bonds is 3. The first-order chi connectivity index (χ1) is 9.52. The topological polar surface area (TPSA) is 77.6 Å². The number of amides is 1. The molecule has 6 nitrogen and oxygen atoms in total. The molecule has 0 spiro atoms. The van der Waals surface area contributed by atoms with E-state index in [0.717, 1.165) is 19.3 Å². The summed E-state index contributed by atoms with van der Waals surface area (Å²) in [4.78, 5) is 25.9. The molecule has 1 atom stereocenters. The zero-order valence-electron chi connectivity index (χ0n) is 12.0. The van der Waals surface area contributed by atoms with E-state index in [1.807, 2.05) is 0 Å². The zero-order valence-corrected chi connectivity index (χ0v) is 12.0. The molecule has 2 rings (SSSR count). The third-order valence-corrected chi connectivity index (χ3v) is 3.76. The number of nitrogens with two attached hydrogens (primary N) is 1. The standard InChI is InChI=1S/C14H21N3O3/c1-16-9-10(15)7-12(16)14(19)17-6-4-3-5-11(17)8-13(18)20-2/h7,9,11H,3-6,8,15H2,1-2H3. The normalized spacial score (nSPS) is 18.9. The molecule has 1 aliphatic heterocycles. The van der Waals surface area contributed by atoms with Gasteiger partial charge in [0.15, 0.2) is 0 Å². The number of hydrogen-bond donors (Lipinski definition) is 1. The van der Waals surface area contributed by atoms with Crippen molar-refractivity contribution in [1.29, 1.82) is 0 Å². The van der Waals surface area contributed by atoms with Crippen molar-refractivity contribution in [3.8, 4) is 0 Å². The number of ether oxygens (including phenoxy) is 1. The number of hydrogen-bond acceptors (Lipinski definition) is 4. The predicted octanol–water partition coefficient (Wildman–Crippen LogP) is 1.17. The minimum absolute atomic E-state index is 0.0715. The molecule has 0 saturated carbocycles. The molecule has 1 unspecified atom stereocenters. The van der Waals surface area contributed by atoms with Gasteiger partial charge in [-0.25, -0.2) is 0 Å². The molecule has 1 aliphatic rings. The number of carbonyl (C=O) groups is 2. The average Bonchev–Trinajstić information content (AvgIpc) is 2.77. The Labute approximate surface area is 118 Å². The number of anilines is 1. The molecule has 0 aliphatic carbocycles. The van der Waals surface area contributed by atoms with Gasteiger partial charge in [-0.3, -0.25) is 9.59 Å². The Morgan fingerprint density at radius 2 is 2.20 bits per heavy atom. The summed E-state index contributed by atoms with van der Waals surface area (Å²) in [6, 6.07) is 1.59. The second-order valence-electron chi connectivity index (χ2n) is 5.20. The van der Waals surface area contributed by atoms with Crippen molar-refractivity contribution in [2.24, 2.45) is 7.05 Å². The van der Waals surface area contributed by atoms with Crippen molar-refractivity contribution in [1.82, 2.24) is 9.47 Å². The quantitative estimate of drug-likeness (QED) is 0.842. The Balaban J connectivity index is 2.17. The summed E-state index contributed by atoms with van der Waals surface area (Å²) in [7, 11) is 3.16. The van der Waals surface area contributed by atoms with Gasteiger partial charge in [-0.15, -0.1) is 0 Å². The molecule has 1 saturated heterocycles. The maximum Gasteiger partial charge on any atom is 0.307 e. The maximum atomic E-state index is 12.6. The highest BCUT2D eigenvalue weighted by Crippen LogP contribution is 2.23. The number of carbonyl (C=O) groups excluding carboxylic acids is 2. The highest BCUT2D eigenvalue weighted by molar-refractivity contribution is 5.94. The van der Waals surface area contributed by atoms with Crippen molar-refractivity contribution < 1.29 is 14.3 Å². The van der Waals surface area contributed by atoms with Crippen LogP contribution in [0.3, 0.4) is 0 Å². The summed E-state index contributed by atoms with van der Waals surface area (Å²) in [5.74, 6) is -0.348. The van der Waals surface area contributed by atoms with Crippen molar-refractivity contribution >= 4 is 17.6 Å². The smallest absolute Gasteiger partial charge is 0.307 e. The molecule has 20 heavy (non-hydrogen) atoms. The highest BCUT2D eigenvalue weighted by Gasteiger charge is 2.30. The molecule has 0 aromatic carbocycles. The first-order valence-electron chi connectivity index (χ1n) is 6.82. The second kappa shape index (κ2) is 5.98. The molecule has 1 amide bonds. The lowest BCUT2D eigenvalue weighted by Gasteiger charge is -2.35. The van der Waals surface area contributed by atoms with E-state index in [2.05, 4.69) is 0 Å². The maximum absolute atomic E-state index is 12.6. The second-order valence-corrected chi connectivity index (χ2v) is 5.20. The van der Waals surface area contributed by atoms with Gasteiger partial charge < -0.3 is 19.9 Å². The van der Waals surface area contributed by atoms with Crippen molar-refractivity contribution in [3.05, 3.63) is 18.0 Å². The van der Waals surface area contributed by atoms with E-state index in [0.29, 0.717) is 17.9 Å². The van der Waals surface area contributed by atoms with Gasteiger partial charge in [0, 0.05) is 25.8 Å². The van der Waals surface area contributed by atoms with Crippen LogP contribution in [0.4, 0.5) is 5.69 Å². The molecule has 110 valence electrons. The third-order valence-electron chi connectivity index (χ3n) is 3.76. The molecule has 1 aromatic heterocycles. The number of esters is 1. The van der Waals surface area contributed by atoms with Crippen molar-refractivity contribution in [2.75, 3.05) is 19.4 Å². The molecule has 2 N–H and O–H groups in total. The summed E-state index contributed by atoms with van der Waals surface area (Å²) in [5.41, 5.74) is 6.84. The number of nitrogens with zero attached hydrogens (tertiary/aromatic N) is 2. The fraction of sp³-hybridized carbons (Fsp3) is 0.571. The summed E-state index contributed by atoms with van der Waals surface area (Å²) < 4.78 is 6.44. The Hall–Kier alpha value is -1.98. The Morgan fingerprint density at radius 1 is 1.45 bits per heavy atom.